The van der Waals surface area contributed by atoms with Crippen LogP contribution in [0, 0.1) is 0 Å². The van der Waals surface area contributed by atoms with E-state index in [-0.39, 0.29) is 5.97 Å². The monoisotopic (exact) mass is 336 g/mol. The molecule has 2 aromatic rings. The Morgan fingerprint density at radius 2 is 1.80 bits per heavy atom. The highest BCUT2D eigenvalue weighted by Crippen LogP contribution is 2.31. The summed E-state index contributed by atoms with van der Waals surface area (Å²) in [4.78, 5) is 12.2. The van der Waals surface area contributed by atoms with Crippen LogP contribution in [-0.4, -0.2) is 20.2 Å². The highest BCUT2D eigenvalue weighted by molar-refractivity contribution is 6.05. The van der Waals surface area contributed by atoms with Gasteiger partial charge in [0.1, 0.15) is 17.3 Å². The molecule has 0 fully saturated rings. The van der Waals surface area contributed by atoms with Gasteiger partial charge in [-0.3, -0.25) is 0 Å². The van der Waals surface area contributed by atoms with Crippen LogP contribution in [0.25, 0.3) is 11.8 Å². The maximum atomic E-state index is 12.2. The van der Waals surface area contributed by atoms with Crippen molar-refractivity contribution in [2.45, 2.75) is 13.3 Å². The minimum absolute atomic E-state index is 0.376. The van der Waals surface area contributed by atoms with E-state index in [9.17, 15) is 4.79 Å². The van der Waals surface area contributed by atoms with E-state index in [1.165, 1.54) is 5.56 Å². The Kier molecular flexibility index (Phi) is 4.89. The van der Waals surface area contributed by atoms with Crippen LogP contribution in [0.3, 0.4) is 0 Å². The van der Waals surface area contributed by atoms with Crippen LogP contribution in [0.2, 0.25) is 0 Å². The van der Waals surface area contributed by atoms with Crippen molar-refractivity contribution in [2.75, 3.05) is 14.2 Å². The lowest BCUT2D eigenvalue weighted by Gasteiger charge is -2.07. The van der Waals surface area contributed by atoms with Crippen LogP contribution in [-0.2, 0) is 16.0 Å². The summed E-state index contributed by atoms with van der Waals surface area (Å²) in [5.74, 6) is 1.54. The van der Waals surface area contributed by atoms with Crippen LogP contribution in [0.15, 0.2) is 54.1 Å². The summed E-state index contributed by atoms with van der Waals surface area (Å²) in [6.07, 6.45) is 4.47. The highest BCUT2D eigenvalue weighted by atomic mass is 16.5. The molecule has 0 bridgehead atoms. The van der Waals surface area contributed by atoms with E-state index >= 15 is 0 Å². The normalized spacial score (nSPS) is 15.1. The number of carbonyl (C=O) groups is 1. The van der Waals surface area contributed by atoms with Gasteiger partial charge >= 0.3 is 5.97 Å². The molecule has 25 heavy (non-hydrogen) atoms. The molecule has 0 unspecified atom stereocenters. The molecule has 0 saturated heterocycles. The van der Waals surface area contributed by atoms with E-state index in [2.05, 4.69) is 6.92 Å². The van der Waals surface area contributed by atoms with Gasteiger partial charge in [-0.1, -0.05) is 31.2 Å². The molecule has 1 aliphatic heterocycles. The van der Waals surface area contributed by atoms with E-state index in [4.69, 9.17) is 14.2 Å². The van der Waals surface area contributed by atoms with Gasteiger partial charge in [-0.15, -0.1) is 0 Å². The van der Waals surface area contributed by atoms with Crippen molar-refractivity contribution in [3.63, 3.8) is 0 Å². The van der Waals surface area contributed by atoms with E-state index in [0.29, 0.717) is 22.8 Å². The fourth-order valence-electron chi connectivity index (χ4n) is 2.66. The Bertz CT molecular complexity index is 845. The van der Waals surface area contributed by atoms with Gasteiger partial charge in [0.25, 0.3) is 0 Å². The number of cyclic esters (lactones) is 1. The minimum Gasteiger partial charge on any atom is -0.497 e. The predicted octanol–water partition coefficient (Wildman–Crippen LogP) is 4.25. The maximum absolute atomic E-state index is 12.2. The Morgan fingerprint density at radius 1 is 1.04 bits per heavy atom. The smallest absolute Gasteiger partial charge is 0.343 e. The van der Waals surface area contributed by atoms with Gasteiger partial charge in [0.15, 0.2) is 0 Å². The van der Waals surface area contributed by atoms with Crippen LogP contribution < -0.4 is 9.47 Å². The Labute approximate surface area is 147 Å². The van der Waals surface area contributed by atoms with Crippen molar-refractivity contribution < 1.29 is 19.0 Å². The standard InChI is InChI=1S/C21H20O4/c1-4-14-5-7-15(8-6-14)20-13-17(21(22)25-20)11-16-12-18(23-2)9-10-19(16)24-3/h5-13H,4H2,1-3H3/b17-11+. The van der Waals surface area contributed by atoms with Gasteiger partial charge in [-0.2, -0.15) is 0 Å². The van der Waals surface area contributed by atoms with E-state index in [1.54, 1.807) is 32.4 Å². The number of esters is 1. The number of methoxy groups -OCH3 is 2. The van der Waals surface area contributed by atoms with E-state index in [1.807, 2.05) is 36.4 Å². The third-order valence-corrected chi connectivity index (χ3v) is 4.12. The lowest BCUT2D eigenvalue weighted by molar-refractivity contribution is -0.130. The molecule has 0 N–H and O–H groups in total. The van der Waals surface area contributed by atoms with Crippen LogP contribution in [0.4, 0.5) is 0 Å². The van der Waals surface area contributed by atoms with Crippen molar-refractivity contribution in [2.24, 2.45) is 0 Å². The molecule has 4 heteroatoms. The molecule has 0 atom stereocenters. The lowest BCUT2D eigenvalue weighted by Crippen LogP contribution is -1.98. The summed E-state index contributed by atoms with van der Waals surface area (Å²) in [6.45, 7) is 2.10. The summed E-state index contributed by atoms with van der Waals surface area (Å²) < 4.78 is 16.0. The fourth-order valence-corrected chi connectivity index (χ4v) is 2.66. The first-order chi connectivity index (χ1) is 12.1. The lowest BCUT2D eigenvalue weighted by atomic mass is 10.1. The fraction of sp³-hybridized carbons (Fsp3) is 0.190. The Balaban J connectivity index is 1.95. The quantitative estimate of drug-likeness (QED) is 0.605. The first-order valence-electron chi connectivity index (χ1n) is 8.11. The molecular formula is C21H20O4. The molecule has 0 radical (unpaired) electrons. The predicted molar refractivity (Wildman–Crippen MR) is 97.4 cm³/mol. The average Bonchev–Trinajstić information content (AvgIpc) is 3.02. The molecule has 4 nitrogen and oxygen atoms in total. The molecule has 0 amide bonds. The number of benzene rings is 2. The van der Waals surface area contributed by atoms with Crippen molar-refractivity contribution in [3.8, 4) is 11.5 Å². The summed E-state index contributed by atoms with van der Waals surface area (Å²) in [7, 11) is 3.19. The number of aryl methyl sites for hydroxylation is 1. The summed E-state index contributed by atoms with van der Waals surface area (Å²) in [5, 5.41) is 0. The molecule has 2 aromatic carbocycles. The third-order valence-electron chi connectivity index (χ3n) is 4.12. The van der Waals surface area contributed by atoms with Crippen molar-refractivity contribution >= 4 is 17.8 Å². The minimum atomic E-state index is -0.376. The number of hydrogen-bond acceptors (Lipinski definition) is 4. The second-order valence-corrected chi connectivity index (χ2v) is 5.66. The van der Waals surface area contributed by atoms with Gasteiger partial charge in [0, 0.05) is 11.1 Å². The van der Waals surface area contributed by atoms with Crippen molar-refractivity contribution in [1.29, 1.82) is 0 Å². The number of rotatable bonds is 5. The second-order valence-electron chi connectivity index (χ2n) is 5.66. The first-order valence-corrected chi connectivity index (χ1v) is 8.11. The molecule has 0 aliphatic carbocycles. The molecule has 3 rings (SSSR count). The van der Waals surface area contributed by atoms with Gasteiger partial charge in [0.2, 0.25) is 0 Å². The largest absolute Gasteiger partial charge is 0.497 e. The summed E-state index contributed by atoms with van der Waals surface area (Å²) in [5.41, 5.74) is 3.35. The third kappa shape index (κ3) is 3.58. The van der Waals surface area contributed by atoms with Crippen molar-refractivity contribution in [1.82, 2.24) is 0 Å². The van der Waals surface area contributed by atoms with Gasteiger partial charge in [0.05, 0.1) is 19.8 Å². The van der Waals surface area contributed by atoms with Crippen LogP contribution in [0.1, 0.15) is 23.6 Å². The molecule has 1 aliphatic rings. The van der Waals surface area contributed by atoms with Gasteiger partial charge < -0.3 is 14.2 Å². The van der Waals surface area contributed by atoms with E-state index < -0.39 is 0 Å². The summed E-state index contributed by atoms with van der Waals surface area (Å²) >= 11 is 0. The zero-order valence-electron chi connectivity index (χ0n) is 14.5. The second kappa shape index (κ2) is 7.26. The number of ether oxygens (including phenoxy) is 3. The molecular weight excluding hydrogens is 316 g/mol. The highest BCUT2D eigenvalue weighted by Gasteiger charge is 2.22. The maximum Gasteiger partial charge on any atom is 0.343 e. The molecule has 0 aromatic heterocycles. The topological polar surface area (TPSA) is 44.8 Å². The van der Waals surface area contributed by atoms with Gasteiger partial charge in [-0.05, 0) is 42.3 Å². The molecule has 1 heterocycles. The molecule has 128 valence electrons. The Morgan fingerprint density at radius 3 is 2.44 bits per heavy atom. The zero-order chi connectivity index (χ0) is 17.8. The SMILES string of the molecule is CCc1ccc(C2=C/C(=C\c3cc(OC)ccc3OC)C(=O)O2)cc1. The number of hydrogen-bond donors (Lipinski definition) is 0. The van der Waals surface area contributed by atoms with E-state index in [0.717, 1.165) is 17.5 Å². The zero-order valence-corrected chi connectivity index (χ0v) is 14.5. The summed E-state index contributed by atoms with van der Waals surface area (Å²) in [6, 6.07) is 13.4. The van der Waals surface area contributed by atoms with Gasteiger partial charge in [-0.25, -0.2) is 4.79 Å². The van der Waals surface area contributed by atoms with Crippen LogP contribution in [0.5, 0.6) is 11.5 Å². The molecule has 0 saturated carbocycles. The number of carbonyl (C=O) groups excluding carboxylic acids is 1. The first kappa shape index (κ1) is 16.8. The van der Waals surface area contributed by atoms with Crippen LogP contribution >= 0.6 is 0 Å². The Hall–Kier alpha value is -3.01. The van der Waals surface area contributed by atoms with Crippen molar-refractivity contribution in [3.05, 3.63) is 70.8 Å². The average molecular weight is 336 g/mol. The molecule has 0 spiro atoms.